The van der Waals surface area contributed by atoms with Crippen LogP contribution in [0.5, 0.6) is 17.2 Å². The van der Waals surface area contributed by atoms with Crippen molar-refractivity contribution in [1.82, 2.24) is 9.78 Å². The van der Waals surface area contributed by atoms with Crippen molar-refractivity contribution in [2.75, 3.05) is 26.1 Å². The molecule has 0 radical (unpaired) electrons. The van der Waals surface area contributed by atoms with Gasteiger partial charge in [-0.05, 0) is 6.07 Å². The van der Waals surface area contributed by atoms with E-state index < -0.39 is 0 Å². The van der Waals surface area contributed by atoms with Gasteiger partial charge in [-0.25, -0.2) is 0 Å². The molecule has 0 spiro atoms. The van der Waals surface area contributed by atoms with Crippen LogP contribution in [0.2, 0.25) is 5.02 Å². The number of benzene rings is 1. The van der Waals surface area contributed by atoms with Crippen LogP contribution in [-0.2, 0) is 7.05 Å². The van der Waals surface area contributed by atoms with Crippen molar-refractivity contribution in [3.63, 3.8) is 0 Å². The number of methoxy groups -OCH3 is 1. The molecule has 1 aromatic heterocycles. The SMILES string of the molecule is COc1c(-c2cc(N)n(C)n2)cc2c(c1Cl)OCCO2. The molecule has 3 rings (SSSR count). The second-order valence-corrected chi connectivity index (χ2v) is 4.75. The maximum atomic E-state index is 6.33. The second-order valence-electron chi connectivity index (χ2n) is 4.37. The third-order valence-electron chi connectivity index (χ3n) is 3.13. The number of aryl methyl sites for hydroxylation is 1. The smallest absolute Gasteiger partial charge is 0.183 e. The maximum absolute atomic E-state index is 6.33. The number of nitrogens with zero attached hydrogens (tertiary/aromatic N) is 2. The van der Waals surface area contributed by atoms with Gasteiger partial charge in [0, 0.05) is 18.7 Å². The quantitative estimate of drug-likeness (QED) is 0.918. The van der Waals surface area contributed by atoms with Crippen LogP contribution in [0.25, 0.3) is 11.3 Å². The number of anilines is 1. The molecule has 2 heterocycles. The lowest BCUT2D eigenvalue weighted by molar-refractivity contribution is 0.171. The van der Waals surface area contributed by atoms with Crippen LogP contribution >= 0.6 is 11.6 Å². The first-order valence-corrected chi connectivity index (χ1v) is 6.45. The van der Waals surface area contributed by atoms with E-state index in [2.05, 4.69) is 5.10 Å². The van der Waals surface area contributed by atoms with E-state index in [0.29, 0.717) is 52.6 Å². The summed E-state index contributed by atoms with van der Waals surface area (Å²) in [6.45, 7) is 0.950. The van der Waals surface area contributed by atoms with Crippen molar-refractivity contribution >= 4 is 17.4 Å². The first-order valence-electron chi connectivity index (χ1n) is 6.07. The van der Waals surface area contributed by atoms with Crippen molar-refractivity contribution in [1.29, 1.82) is 0 Å². The van der Waals surface area contributed by atoms with Crippen LogP contribution < -0.4 is 19.9 Å². The van der Waals surface area contributed by atoms with Crippen LogP contribution in [0.1, 0.15) is 0 Å². The summed E-state index contributed by atoms with van der Waals surface area (Å²) in [6.07, 6.45) is 0. The molecule has 0 fully saturated rings. The Balaban J connectivity index is 2.21. The van der Waals surface area contributed by atoms with E-state index in [1.807, 2.05) is 0 Å². The summed E-state index contributed by atoms with van der Waals surface area (Å²) >= 11 is 6.33. The highest BCUT2D eigenvalue weighted by molar-refractivity contribution is 6.34. The average molecular weight is 296 g/mol. The molecule has 1 aliphatic heterocycles. The summed E-state index contributed by atoms with van der Waals surface area (Å²) in [7, 11) is 3.32. The zero-order valence-corrected chi connectivity index (χ0v) is 11.9. The first kappa shape index (κ1) is 12.9. The van der Waals surface area contributed by atoms with Crippen molar-refractivity contribution in [2.45, 2.75) is 0 Å². The fourth-order valence-electron chi connectivity index (χ4n) is 2.13. The molecule has 1 aromatic carbocycles. The first-order chi connectivity index (χ1) is 9.61. The fourth-order valence-corrected chi connectivity index (χ4v) is 2.46. The predicted octanol–water partition coefficient (Wildman–Crippen LogP) is 2.10. The van der Waals surface area contributed by atoms with Gasteiger partial charge in [0.25, 0.3) is 0 Å². The highest BCUT2D eigenvalue weighted by atomic mass is 35.5. The summed E-state index contributed by atoms with van der Waals surface area (Å²) in [5.74, 6) is 2.13. The van der Waals surface area contributed by atoms with Crippen molar-refractivity contribution < 1.29 is 14.2 Å². The molecule has 2 N–H and O–H groups in total. The van der Waals surface area contributed by atoms with Crippen molar-refractivity contribution in [3.05, 3.63) is 17.2 Å². The Labute approximate surface area is 121 Å². The zero-order chi connectivity index (χ0) is 14.3. The molecule has 106 valence electrons. The number of aromatic nitrogens is 2. The monoisotopic (exact) mass is 295 g/mol. The van der Waals surface area contributed by atoms with Gasteiger partial charge in [0.15, 0.2) is 17.2 Å². The molecule has 0 bridgehead atoms. The Morgan fingerprint density at radius 2 is 2.10 bits per heavy atom. The van der Waals surface area contributed by atoms with Crippen molar-refractivity contribution in [2.24, 2.45) is 7.05 Å². The zero-order valence-electron chi connectivity index (χ0n) is 11.1. The highest BCUT2D eigenvalue weighted by Crippen LogP contribution is 2.48. The van der Waals surface area contributed by atoms with Gasteiger partial charge in [0.1, 0.15) is 24.1 Å². The summed E-state index contributed by atoms with van der Waals surface area (Å²) < 4.78 is 18.1. The summed E-state index contributed by atoms with van der Waals surface area (Å²) in [4.78, 5) is 0. The number of nitrogens with two attached hydrogens (primary N) is 1. The molecule has 7 heteroatoms. The normalized spacial score (nSPS) is 13.3. The lowest BCUT2D eigenvalue weighted by Crippen LogP contribution is -2.16. The minimum Gasteiger partial charge on any atom is -0.494 e. The van der Waals surface area contributed by atoms with Gasteiger partial charge < -0.3 is 19.9 Å². The molecular formula is C13H14ClN3O3. The summed E-state index contributed by atoms with van der Waals surface area (Å²) in [6, 6.07) is 3.56. The summed E-state index contributed by atoms with van der Waals surface area (Å²) in [5, 5.41) is 4.71. The number of fused-ring (bicyclic) bond motifs is 1. The van der Waals surface area contributed by atoms with E-state index in [1.165, 1.54) is 0 Å². The fraction of sp³-hybridized carbons (Fsp3) is 0.308. The lowest BCUT2D eigenvalue weighted by Gasteiger charge is -2.22. The Morgan fingerprint density at radius 1 is 1.35 bits per heavy atom. The highest BCUT2D eigenvalue weighted by Gasteiger charge is 2.24. The standard InChI is InChI=1S/C13H14ClN3O3/c1-17-10(15)6-8(16-17)7-5-9-13(20-4-3-19-9)11(14)12(7)18-2/h5-6H,3-4,15H2,1-2H3. The summed E-state index contributed by atoms with van der Waals surface area (Å²) in [5.41, 5.74) is 7.20. The molecule has 6 nitrogen and oxygen atoms in total. The van der Waals surface area contributed by atoms with E-state index in [9.17, 15) is 0 Å². The van der Waals surface area contributed by atoms with Crippen LogP contribution in [-0.4, -0.2) is 30.1 Å². The average Bonchev–Trinajstić information content (AvgIpc) is 2.78. The molecule has 2 aromatic rings. The van der Waals surface area contributed by atoms with Gasteiger partial charge >= 0.3 is 0 Å². The van der Waals surface area contributed by atoms with Gasteiger partial charge in [-0.15, -0.1) is 0 Å². The van der Waals surface area contributed by atoms with E-state index in [1.54, 1.807) is 31.0 Å². The number of hydrogen-bond acceptors (Lipinski definition) is 5. The van der Waals surface area contributed by atoms with Gasteiger partial charge in [0.2, 0.25) is 0 Å². The Morgan fingerprint density at radius 3 is 2.75 bits per heavy atom. The van der Waals surface area contributed by atoms with Crippen LogP contribution in [0.3, 0.4) is 0 Å². The van der Waals surface area contributed by atoms with E-state index >= 15 is 0 Å². The minimum atomic E-state index is 0.379. The van der Waals surface area contributed by atoms with Gasteiger partial charge in [-0.1, -0.05) is 11.6 Å². The third-order valence-corrected chi connectivity index (χ3v) is 3.47. The van der Waals surface area contributed by atoms with Crippen LogP contribution in [0, 0.1) is 0 Å². The van der Waals surface area contributed by atoms with Crippen LogP contribution in [0.4, 0.5) is 5.82 Å². The van der Waals surface area contributed by atoms with E-state index in [4.69, 9.17) is 31.5 Å². The molecule has 20 heavy (non-hydrogen) atoms. The molecule has 0 saturated heterocycles. The second kappa shape index (κ2) is 4.79. The Hall–Kier alpha value is -2.08. The van der Waals surface area contributed by atoms with E-state index in [0.717, 1.165) is 0 Å². The molecule has 0 amide bonds. The third kappa shape index (κ3) is 1.92. The molecule has 0 atom stereocenters. The largest absolute Gasteiger partial charge is 0.494 e. The Kier molecular flexibility index (Phi) is 3.10. The molecular weight excluding hydrogens is 282 g/mol. The molecule has 1 aliphatic rings. The van der Waals surface area contributed by atoms with Crippen LogP contribution in [0.15, 0.2) is 12.1 Å². The maximum Gasteiger partial charge on any atom is 0.183 e. The van der Waals surface area contributed by atoms with Gasteiger partial charge in [-0.3, -0.25) is 4.68 Å². The topological polar surface area (TPSA) is 71.5 Å². The van der Waals surface area contributed by atoms with Crippen molar-refractivity contribution in [3.8, 4) is 28.5 Å². The number of ether oxygens (including phenoxy) is 3. The number of hydrogen-bond donors (Lipinski definition) is 1. The predicted molar refractivity (Wildman–Crippen MR) is 75.6 cm³/mol. The van der Waals surface area contributed by atoms with Gasteiger partial charge in [-0.2, -0.15) is 5.10 Å². The molecule has 0 saturated carbocycles. The number of nitrogen functional groups attached to an aromatic ring is 1. The number of halogens is 1. The lowest BCUT2D eigenvalue weighted by atomic mass is 10.1. The molecule has 0 unspecified atom stereocenters. The minimum absolute atomic E-state index is 0.379. The Bertz CT molecular complexity index is 650. The molecule has 0 aliphatic carbocycles. The van der Waals surface area contributed by atoms with E-state index in [-0.39, 0.29) is 0 Å². The number of rotatable bonds is 2. The van der Waals surface area contributed by atoms with Gasteiger partial charge in [0.05, 0.1) is 12.8 Å².